The first-order valence-corrected chi connectivity index (χ1v) is 12.2. The number of pyridine rings is 2. The van der Waals surface area contributed by atoms with Gasteiger partial charge in [-0.3, -0.25) is 14.8 Å². The number of rotatable bonds is 6. The molecule has 0 spiro atoms. The molecule has 0 saturated carbocycles. The molecule has 0 N–H and O–H groups in total. The Morgan fingerprint density at radius 1 is 0.829 bits per heavy atom. The van der Waals surface area contributed by atoms with Crippen LogP contribution in [0.2, 0.25) is 5.02 Å². The van der Waals surface area contributed by atoms with E-state index < -0.39 is 35.8 Å². The second-order valence-corrected chi connectivity index (χ2v) is 9.21. The molecule has 3 aromatic heterocycles. The first-order chi connectivity index (χ1) is 19.4. The molecule has 0 aliphatic heterocycles. The molecule has 3 heterocycles. The van der Waals surface area contributed by atoms with E-state index in [0.29, 0.717) is 12.1 Å². The van der Waals surface area contributed by atoms with Crippen LogP contribution in [-0.4, -0.2) is 30.7 Å². The third-order valence-corrected chi connectivity index (χ3v) is 6.39. The Kier molecular flexibility index (Phi) is 7.35. The standard InChI is InChI=1S/C28H16ClF6N5O/c29-22-6-2-1-5-20(22)26(41)19-8-10-36-14-21(19)24-25(23-7-3-4-9-37-23)40(39-38-24)15-16-11-17(27(30,31)32)13-18(12-16)28(33,34)35/h1-14H,15H2. The third-order valence-electron chi connectivity index (χ3n) is 6.06. The molecule has 0 atom stereocenters. The summed E-state index contributed by atoms with van der Waals surface area (Å²) < 4.78 is 82.0. The van der Waals surface area contributed by atoms with Gasteiger partial charge in [0.2, 0.25) is 0 Å². The molecule has 0 bridgehead atoms. The number of ketones is 1. The summed E-state index contributed by atoms with van der Waals surface area (Å²) in [5.41, 5.74) is -2.16. The van der Waals surface area contributed by atoms with Crippen molar-refractivity contribution < 1.29 is 31.1 Å². The van der Waals surface area contributed by atoms with Gasteiger partial charge in [-0.1, -0.05) is 35.0 Å². The molecule has 0 radical (unpaired) electrons. The molecule has 5 rings (SSSR count). The van der Waals surface area contributed by atoms with Gasteiger partial charge in [0, 0.05) is 35.3 Å². The molecule has 5 aromatic rings. The number of benzene rings is 2. The van der Waals surface area contributed by atoms with Gasteiger partial charge in [0.05, 0.1) is 28.4 Å². The van der Waals surface area contributed by atoms with Gasteiger partial charge >= 0.3 is 12.4 Å². The number of aromatic nitrogens is 5. The molecule has 2 aromatic carbocycles. The predicted molar refractivity (Wildman–Crippen MR) is 137 cm³/mol. The number of halogens is 7. The van der Waals surface area contributed by atoms with Crippen LogP contribution in [0.4, 0.5) is 26.3 Å². The van der Waals surface area contributed by atoms with Gasteiger partial charge in [-0.05, 0) is 54.1 Å². The molecule has 0 aliphatic carbocycles. The van der Waals surface area contributed by atoms with Gasteiger partial charge in [-0.2, -0.15) is 26.3 Å². The van der Waals surface area contributed by atoms with Crippen molar-refractivity contribution in [3.05, 3.63) is 118 Å². The van der Waals surface area contributed by atoms with Gasteiger partial charge in [0.1, 0.15) is 11.4 Å². The van der Waals surface area contributed by atoms with Crippen LogP contribution < -0.4 is 0 Å². The molecule has 0 fully saturated rings. The topological polar surface area (TPSA) is 73.6 Å². The highest BCUT2D eigenvalue weighted by atomic mass is 35.5. The monoisotopic (exact) mass is 587 g/mol. The van der Waals surface area contributed by atoms with Crippen molar-refractivity contribution in [2.24, 2.45) is 0 Å². The fraction of sp³-hybridized carbons (Fsp3) is 0.107. The molecule has 0 saturated heterocycles. The van der Waals surface area contributed by atoms with Crippen LogP contribution in [0.15, 0.2) is 85.3 Å². The van der Waals surface area contributed by atoms with Crippen LogP contribution >= 0.6 is 11.6 Å². The van der Waals surface area contributed by atoms with Gasteiger partial charge in [0.15, 0.2) is 5.78 Å². The Morgan fingerprint density at radius 3 is 2.15 bits per heavy atom. The number of hydrogen-bond acceptors (Lipinski definition) is 5. The maximum atomic E-state index is 13.5. The quantitative estimate of drug-likeness (QED) is 0.153. The van der Waals surface area contributed by atoms with Gasteiger partial charge in [-0.25, -0.2) is 4.68 Å². The van der Waals surface area contributed by atoms with E-state index in [0.717, 1.165) is 4.68 Å². The highest BCUT2D eigenvalue weighted by Gasteiger charge is 2.37. The van der Waals surface area contributed by atoms with Gasteiger partial charge < -0.3 is 0 Å². The highest BCUT2D eigenvalue weighted by Crippen LogP contribution is 2.38. The summed E-state index contributed by atoms with van der Waals surface area (Å²) in [5, 5.41) is 8.41. The maximum absolute atomic E-state index is 13.5. The number of alkyl halides is 6. The van der Waals surface area contributed by atoms with E-state index in [1.54, 1.807) is 36.4 Å². The van der Waals surface area contributed by atoms with Crippen LogP contribution in [0.1, 0.15) is 32.6 Å². The summed E-state index contributed by atoms with van der Waals surface area (Å²) in [6.45, 7) is -0.514. The lowest BCUT2D eigenvalue weighted by atomic mass is 9.97. The molecule has 0 unspecified atom stereocenters. The van der Waals surface area contributed by atoms with Crippen LogP contribution in [-0.2, 0) is 18.9 Å². The average Bonchev–Trinajstić information content (AvgIpc) is 3.35. The summed E-state index contributed by atoms with van der Waals surface area (Å²) in [7, 11) is 0. The SMILES string of the molecule is O=C(c1ccccc1Cl)c1ccncc1-c1nnn(Cc2cc(C(F)(F)F)cc(C(F)(F)F)c2)c1-c1ccccn1. The molecule has 41 heavy (non-hydrogen) atoms. The lowest BCUT2D eigenvalue weighted by Gasteiger charge is -2.15. The molecule has 6 nitrogen and oxygen atoms in total. The van der Waals surface area contributed by atoms with Crippen molar-refractivity contribution in [2.45, 2.75) is 18.9 Å². The summed E-state index contributed by atoms with van der Waals surface area (Å²) in [5.74, 6) is -0.456. The zero-order chi connectivity index (χ0) is 29.4. The van der Waals surface area contributed by atoms with Crippen molar-refractivity contribution >= 4 is 17.4 Å². The minimum Gasteiger partial charge on any atom is -0.289 e. The number of hydrogen-bond donors (Lipinski definition) is 0. The van der Waals surface area contributed by atoms with Gasteiger partial charge in [-0.15, -0.1) is 5.10 Å². The highest BCUT2D eigenvalue weighted by molar-refractivity contribution is 6.35. The van der Waals surface area contributed by atoms with Crippen LogP contribution in [0.3, 0.4) is 0 Å². The number of nitrogens with zero attached hydrogens (tertiary/aromatic N) is 5. The van der Waals surface area contributed by atoms with Crippen molar-refractivity contribution in [3.8, 4) is 22.6 Å². The number of carbonyl (C=O) groups excluding carboxylic acids is 1. The summed E-state index contributed by atoms with van der Waals surface area (Å²) >= 11 is 6.24. The second-order valence-electron chi connectivity index (χ2n) is 8.80. The lowest BCUT2D eigenvalue weighted by molar-refractivity contribution is -0.143. The van der Waals surface area contributed by atoms with Crippen LogP contribution in [0.5, 0.6) is 0 Å². The minimum atomic E-state index is -5.02. The van der Waals surface area contributed by atoms with Crippen LogP contribution in [0.25, 0.3) is 22.6 Å². The Balaban J connectivity index is 1.67. The van der Waals surface area contributed by atoms with E-state index in [9.17, 15) is 31.1 Å². The summed E-state index contributed by atoms with van der Waals surface area (Å²) in [6, 6.07) is 14.0. The molecule has 0 aliphatic rings. The first kappa shape index (κ1) is 28.0. The molecule has 208 valence electrons. The van der Waals surface area contributed by atoms with E-state index in [-0.39, 0.29) is 50.4 Å². The lowest BCUT2D eigenvalue weighted by Crippen LogP contribution is -2.13. The van der Waals surface area contributed by atoms with Crippen molar-refractivity contribution in [3.63, 3.8) is 0 Å². The second kappa shape index (κ2) is 10.8. The van der Waals surface area contributed by atoms with E-state index in [4.69, 9.17) is 11.6 Å². The fourth-order valence-electron chi connectivity index (χ4n) is 4.22. The van der Waals surface area contributed by atoms with E-state index in [2.05, 4.69) is 20.3 Å². The van der Waals surface area contributed by atoms with Crippen molar-refractivity contribution in [2.75, 3.05) is 0 Å². The molecule has 13 heteroatoms. The fourth-order valence-corrected chi connectivity index (χ4v) is 4.44. The van der Waals surface area contributed by atoms with Crippen LogP contribution in [0, 0.1) is 0 Å². The van der Waals surface area contributed by atoms with E-state index >= 15 is 0 Å². The summed E-state index contributed by atoms with van der Waals surface area (Å²) in [4.78, 5) is 21.8. The summed E-state index contributed by atoms with van der Waals surface area (Å²) in [6.07, 6.45) is -5.84. The zero-order valence-electron chi connectivity index (χ0n) is 20.6. The predicted octanol–water partition coefficient (Wildman–Crippen LogP) is 7.37. The molecular formula is C28H16ClF6N5O. The first-order valence-electron chi connectivity index (χ1n) is 11.8. The van der Waals surface area contributed by atoms with E-state index in [1.165, 1.54) is 30.7 Å². The minimum absolute atomic E-state index is 0.0537. The van der Waals surface area contributed by atoms with E-state index in [1.807, 2.05) is 0 Å². The third kappa shape index (κ3) is 5.82. The Bertz CT molecular complexity index is 1700. The maximum Gasteiger partial charge on any atom is 0.416 e. The molecule has 0 amide bonds. The Labute approximate surface area is 233 Å². The number of carbonyl (C=O) groups is 1. The smallest absolute Gasteiger partial charge is 0.289 e. The average molecular weight is 588 g/mol. The van der Waals surface area contributed by atoms with Gasteiger partial charge in [0.25, 0.3) is 0 Å². The largest absolute Gasteiger partial charge is 0.416 e. The zero-order valence-corrected chi connectivity index (χ0v) is 21.3. The normalized spacial score (nSPS) is 12.0. The molecular weight excluding hydrogens is 572 g/mol. The Morgan fingerprint density at radius 2 is 1.51 bits per heavy atom. The Hall–Kier alpha value is -4.58. The van der Waals surface area contributed by atoms with Crippen molar-refractivity contribution in [1.29, 1.82) is 0 Å². The van der Waals surface area contributed by atoms with Crippen molar-refractivity contribution in [1.82, 2.24) is 25.0 Å².